The standard InChI is InChI=1S/C14H23N3O3/c1-10(18)15-6-7-16-13(19)11-4-8-17(9-5-11)14(20)12-2-3-12/h11-12H,2-9H2,1H3,(H,15,18)(H,16,19). The first-order chi connectivity index (χ1) is 9.58. The molecule has 0 unspecified atom stereocenters. The minimum Gasteiger partial charge on any atom is -0.355 e. The average molecular weight is 281 g/mol. The van der Waals surface area contributed by atoms with E-state index >= 15 is 0 Å². The molecule has 2 rings (SSSR count). The lowest BCUT2D eigenvalue weighted by Gasteiger charge is -2.31. The van der Waals surface area contributed by atoms with Gasteiger partial charge in [0.1, 0.15) is 0 Å². The molecule has 112 valence electrons. The highest BCUT2D eigenvalue weighted by Crippen LogP contribution is 2.32. The van der Waals surface area contributed by atoms with E-state index in [9.17, 15) is 14.4 Å². The summed E-state index contributed by atoms with van der Waals surface area (Å²) in [5.74, 6) is 0.475. The monoisotopic (exact) mass is 281 g/mol. The molecule has 1 heterocycles. The molecule has 6 nitrogen and oxygen atoms in total. The SMILES string of the molecule is CC(=O)NCCNC(=O)C1CCN(C(=O)C2CC2)CC1. The second kappa shape index (κ2) is 6.72. The van der Waals surface area contributed by atoms with Crippen molar-refractivity contribution >= 4 is 17.7 Å². The lowest BCUT2D eigenvalue weighted by molar-refractivity contribution is -0.136. The Bertz CT molecular complexity index is 385. The predicted octanol–water partition coefficient (Wildman–Crippen LogP) is -0.113. The van der Waals surface area contributed by atoms with Crippen molar-refractivity contribution in [3.63, 3.8) is 0 Å². The van der Waals surface area contributed by atoms with Gasteiger partial charge in [-0.2, -0.15) is 0 Å². The highest BCUT2D eigenvalue weighted by atomic mass is 16.2. The number of nitrogens with one attached hydrogen (secondary N) is 2. The number of nitrogens with zero attached hydrogens (tertiary/aromatic N) is 1. The molecule has 1 aliphatic heterocycles. The molecule has 0 aromatic carbocycles. The summed E-state index contributed by atoms with van der Waals surface area (Å²) in [6.07, 6.45) is 3.54. The molecular formula is C14H23N3O3. The number of carbonyl (C=O) groups is 3. The van der Waals surface area contributed by atoms with Gasteiger partial charge >= 0.3 is 0 Å². The van der Waals surface area contributed by atoms with Crippen LogP contribution in [0.25, 0.3) is 0 Å². The zero-order chi connectivity index (χ0) is 14.5. The van der Waals surface area contributed by atoms with E-state index < -0.39 is 0 Å². The summed E-state index contributed by atoms with van der Waals surface area (Å²) in [5.41, 5.74) is 0. The van der Waals surface area contributed by atoms with Gasteiger partial charge in [0.05, 0.1) is 0 Å². The molecule has 20 heavy (non-hydrogen) atoms. The smallest absolute Gasteiger partial charge is 0.225 e. The van der Waals surface area contributed by atoms with Gasteiger partial charge in [0.15, 0.2) is 0 Å². The fourth-order valence-electron chi connectivity index (χ4n) is 2.52. The third kappa shape index (κ3) is 4.21. The van der Waals surface area contributed by atoms with Crippen LogP contribution in [0.3, 0.4) is 0 Å². The van der Waals surface area contributed by atoms with Crippen LogP contribution in [0.2, 0.25) is 0 Å². The number of hydrogen-bond donors (Lipinski definition) is 2. The molecule has 2 aliphatic rings. The highest BCUT2D eigenvalue weighted by molar-refractivity contribution is 5.82. The molecular weight excluding hydrogens is 258 g/mol. The summed E-state index contributed by atoms with van der Waals surface area (Å²) in [4.78, 5) is 36.4. The molecule has 2 fully saturated rings. The largest absolute Gasteiger partial charge is 0.355 e. The Hall–Kier alpha value is -1.59. The first-order valence-corrected chi connectivity index (χ1v) is 7.39. The van der Waals surface area contributed by atoms with Crippen molar-refractivity contribution in [2.75, 3.05) is 26.2 Å². The fourth-order valence-corrected chi connectivity index (χ4v) is 2.52. The number of likely N-dealkylation sites (tertiary alicyclic amines) is 1. The second-order valence-corrected chi connectivity index (χ2v) is 5.65. The van der Waals surface area contributed by atoms with Gasteiger partial charge in [-0.3, -0.25) is 14.4 Å². The van der Waals surface area contributed by atoms with E-state index in [-0.39, 0.29) is 29.6 Å². The van der Waals surface area contributed by atoms with Gasteiger partial charge < -0.3 is 15.5 Å². The average Bonchev–Trinajstić information content (AvgIpc) is 3.27. The topological polar surface area (TPSA) is 78.5 Å². The zero-order valence-corrected chi connectivity index (χ0v) is 12.0. The molecule has 0 atom stereocenters. The molecule has 0 spiro atoms. The number of carbonyl (C=O) groups excluding carboxylic acids is 3. The van der Waals surface area contributed by atoms with Crippen molar-refractivity contribution in [2.24, 2.45) is 11.8 Å². The van der Waals surface area contributed by atoms with Crippen molar-refractivity contribution < 1.29 is 14.4 Å². The first kappa shape index (κ1) is 14.8. The molecule has 1 saturated heterocycles. The molecule has 0 bridgehead atoms. The summed E-state index contributed by atoms with van der Waals surface area (Å²) < 4.78 is 0. The van der Waals surface area contributed by atoms with Crippen LogP contribution in [-0.4, -0.2) is 48.8 Å². The number of piperidine rings is 1. The summed E-state index contributed by atoms with van der Waals surface area (Å²) in [6, 6.07) is 0. The normalized spacial score (nSPS) is 19.6. The molecule has 0 aromatic heterocycles. The van der Waals surface area contributed by atoms with Crippen LogP contribution < -0.4 is 10.6 Å². The van der Waals surface area contributed by atoms with Gasteiger partial charge in [0, 0.05) is 44.9 Å². The molecule has 0 radical (unpaired) electrons. The van der Waals surface area contributed by atoms with Crippen LogP contribution >= 0.6 is 0 Å². The Morgan fingerprint density at radius 1 is 0.950 bits per heavy atom. The van der Waals surface area contributed by atoms with Crippen molar-refractivity contribution in [3.8, 4) is 0 Å². The molecule has 2 N–H and O–H groups in total. The Morgan fingerprint density at radius 2 is 1.55 bits per heavy atom. The molecule has 6 heteroatoms. The van der Waals surface area contributed by atoms with E-state index in [0.717, 1.165) is 25.7 Å². The summed E-state index contributed by atoms with van der Waals surface area (Å²) in [7, 11) is 0. The van der Waals surface area contributed by atoms with E-state index in [4.69, 9.17) is 0 Å². The van der Waals surface area contributed by atoms with Gasteiger partial charge in [0.2, 0.25) is 17.7 Å². The van der Waals surface area contributed by atoms with Crippen LogP contribution in [-0.2, 0) is 14.4 Å². The van der Waals surface area contributed by atoms with Gasteiger partial charge in [-0.05, 0) is 25.7 Å². The fraction of sp³-hybridized carbons (Fsp3) is 0.786. The molecule has 0 aromatic rings. The van der Waals surface area contributed by atoms with E-state index in [0.29, 0.717) is 26.2 Å². The quantitative estimate of drug-likeness (QED) is 0.690. The first-order valence-electron chi connectivity index (χ1n) is 7.39. The van der Waals surface area contributed by atoms with Gasteiger partial charge in [-0.25, -0.2) is 0 Å². The summed E-state index contributed by atoms with van der Waals surface area (Å²) in [6.45, 7) is 3.76. The highest BCUT2D eigenvalue weighted by Gasteiger charge is 2.35. The van der Waals surface area contributed by atoms with Gasteiger partial charge in [-0.1, -0.05) is 0 Å². The molecule has 3 amide bonds. The van der Waals surface area contributed by atoms with Gasteiger partial charge in [0.25, 0.3) is 0 Å². The molecule has 1 aliphatic carbocycles. The number of rotatable bonds is 5. The van der Waals surface area contributed by atoms with E-state index in [2.05, 4.69) is 10.6 Å². The van der Waals surface area contributed by atoms with Crippen molar-refractivity contribution in [1.29, 1.82) is 0 Å². The molecule has 1 saturated carbocycles. The van der Waals surface area contributed by atoms with Crippen LogP contribution in [0.1, 0.15) is 32.6 Å². The maximum Gasteiger partial charge on any atom is 0.225 e. The lowest BCUT2D eigenvalue weighted by atomic mass is 9.95. The van der Waals surface area contributed by atoms with Crippen LogP contribution in [0.4, 0.5) is 0 Å². The lowest BCUT2D eigenvalue weighted by Crippen LogP contribution is -2.44. The van der Waals surface area contributed by atoms with Crippen LogP contribution in [0.5, 0.6) is 0 Å². The Balaban J connectivity index is 1.63. The van der Waals surface area contributed by atoms with Gasteiger partial charge in [-0.15, -0.1) is 0 Å². The minimum atomic E-state index is -0.0915. The van der Waals surface area contributed by atoms with Crippen molar-refractivity contribution in [2.45, 2.75) is 32.6 Å². The number of amides is 3. The third-order valence-electron chi connectivity index (χ3n) is 3.90. The second-order valence-electron chi connectivity index (χ2n) is 5.65. The van der Waals surface area contributed by atoms with Crippen molar-refractivity contribution in [1.82, 2.24) is 15.5 Å². The van der Waals surface area contributed by atoms with E-state index in [1.165, 1.54) is 6.92 Å². The third-order valence-corrected chi connectivity index (χ3v) is 3.90. The Labute approximate surface area is 119 Å². The van der Waals surface area contributed by atoms with Crippen LogP contribution in [0, 0.1) is 11.8 Å². The maximum atomic E-state index is 11.9. The van der Waals surface area contributed by atoms with E-state index in [1.807, 2.05) is 4.90 Å². The van der Waals surface area contributed by atoms with Crippen molar-refractivity contribution in [3.05, 3.63) is 0 Å². The van der Waals surface area contributed by atoms with E-state index in [1.54, 1.807) is 0 Å². The summed E-state index contributed by atoms with van der Waals surface area (Å²) in [5, 5.41) is 5.47. The Morgan fingerprint density at radius 3 is 2.10 bits per heavy atom. The number of hydrogen-bond acceptors (Lipinski definition) is 3. The summed E-state index contributed by atoms with van der Waals surface area (Å²) >= 11 is 0. The zero-order valence-electron chi connectivity index (χ0n) is 12.0. The maximum absolute atomic E-state index is 11.9. The van der Waals surface area contributed by atoms with Crippen LogP contribution in [0.15, 0.2) is 0 Å². The minimum absolute atomic E-state index is 0.00409. The Kier molecular flexibility index (Phi) is 4.98. The predicted molar refractivity (Wildman–Crippen MR) is 73.7 cm³/mol.